The summed E-state index contributed by atoms with van der Waals surface area (Å²) in [7, 11) is 0. The fourth-order valence-electron chi connectivity index (χ4n) is 3.56. The molecule has 2 heterocycles. The Morgan fingerprint density at radius 3 is 2.70 bits per heavy atom. The number of ether oxygens (including phenoxy) is 2. The lowest BCUT2D eigenvalue weighted by atomic mass is 10.0. The Balaban J connectivity index is 1.38. The zero-order valence-corrected chi connectivity index (χ0v) is 17.1. The van der Waals surface area contributed by atoms with Gasteiger partial charge in [0.1, 0.15) is 12.4 Å². The van der Waals surface area contributed by atoms with Crippen molar-refractivity contribution in [1.29, 1.82) is 0 Å². The highest BCUT2D eigenvalue weighted by molar-refractivity contribution is 5.76. The number of anilines is 1. The van der Waals surface area contributed by atoms with Gasteiger partial charge in [0.2, 0.25) is 6.41 Å². The molecule has 0 spiro atoms. The third-order valence-electron chi connectivity index (χ3n) is 5.25. The highest BCUT2D eigenvalue weighted by Gasteiger charge is 2.11. The van der Waals surface area contributed by atoms with E-state index in [1.807, 2.05) is 55.5 Å². The van der Waals surface area contributed by atoms with E-state index in [4.69, 9.17) is 9.47 Å². The molecular formula is C23H26N4O3. The lowest BCUT2D eigenvalue weighted by Crippen LogP contribution is -2.38. The second kappa shape index (κ2) is 9.56. The monoisotopic (exact) mass is 406 g/mol. The van der Waals surface area contributed by atoms with Gasteiger partial charge in [-0.3, -0.25) is 14.8 Å². The predicted molar refractivity (Wildman–Crippen MR) is 117 cm³/mol. The second-order valence-corrected chi connectivity index (χ2v) is 7.29. The van der Waals surface area contributed by atoms with E-state index in [1.54, 1.807) is 0 Å². The summed E-state index contributed by atoms with van der Waals surface area (Å²) in [5.41, 5.74) is 5.70. The fourth-order valence-corrected chi connectivity index (χ4v) is 3.56. The second-order valence-electron chi connectivity index (χ2n) is 7.29. The Bertz CT molecular complexity index is 978. The van der Waals surface area contributed by atoms with Gasteiger partial charge in [0, 0.05) is 30.9 Å². The lowest BCUT2D eigenvalue weighted by Gasteiger charge is -2.26. The van der Waals surface area contributed by atoms with E-state index in [9.17, 15) is 4.79 Å². The Morgan fingerprint density at radius 1 is 1.17 bits per heavy atom. The van der Waals surface area contributed by atoms with Crippen molar-refractivity contribution < 1.29 is 14.3 Å². The molecule has 0 aliphatic carbocycles. The molecule has 1 fully saturated rings. The van der Waals surface area contributed by atoms with Gasteiger partial charge in [0.15, 0.2) is 0 Å². The molecule has 2 aromatic carbocycles. The zero-order valence-electron chi connectivity index (χ0n) is 17.1. The molecule has 2 N–H and O–H groups in total. The summed E-state index contributed by atoms with van der Waals surface area (Å²) >= 11 is 0. The first-order chi connectivity index (χ1) is 14.7. The van der Waals surface area contributed by atoms with Crippen molar-refractivity contribution in [3.63, 3.8) is 0 Å². The van der Waals surface area contributed by atoms with Crippen LogP contribution in [-0.4, -0.2) is 61.0 Å². The van der Waals surface area contributed by atoms with E-state index < -0.39 is 0 Å². The Labute approximate surface area is 176 Å². The molecule has 7 heteroatoms. The van der Waals surface area contributed by atoms with Gasteiger partial charge in [-0.1, -0.05) is 6.07 Å². The number of carbonyl (C=O) groups is 1. The fraction of sp³-hybridized carbons (Fsp3) is 0.304. The number of aryl methyl sites for hydroxylation is 1. The minimum atomic E-state index is 0.668. The largest absolute Gasteiger partial charge is 0.492 e. The van der Waals surface area contributed by atoms with Crippen molar-refractivity contribution in [3.8, 4) is 28.3 Å². The van der Waals surface area contributed by atoms with Crippen molar-refractivity contribution in [2.24, 2.45) is 0 Å². The number of hydrogen-bond donors (Lipinski definition) is 2. The smallest absolute Gasteiger partial charge is 0.211 e. The minimum absolute atomic E-state index is 0.668. The number of aromatic amines is 1. The van der Waals surface area contributed by atoms with Gasteiger partial charge < -0.3 is 14.8 Å². The number of benzene rings is 2. The van der Waals surface area contributed by atoms with Crippen LogP contribution in [0.15, 0.2) is 48.5 Å². The standard InChI is InChI=1S/C23H26N4O3/c1-17-14-19(24-16-28)4-7-21(17)23-15-22(25-26-23)18-2-5-20(6-3-18)30-13-10-27-8-11-29-12-9-27/h2-7,14-16H,8-13H2,1H3,(H,24,28)(H,25,26). The van der Waals surface area contributed by atoms with Crippen LogP contribution in [0.25, 0.3) is 22.5 Å². The number of morpholine rings is 1. The number of rotatable bonds is 8. The Hall–Kier alpha value is -3.16. The van der Waals surface area contributed by atoms with Crippen molar-refractivity contribution in [2.45, 2.75) is 6.92 Å². The lowest BCUT2D eigenvalue weighted by molar-refractivity contribution is -0.105. The SMILES string of the molecule is Cc1cc(NC=O)ccc1-c1cc(-c2ccc(OCCN3CCOCC3)cc2)[nH]n1. The van der Waals surface area contributed by atoms with Crippen LogP contribution >= 0.6 is 0 Å². The zero-order chi connectivity index (χ0) is 20.8. The molecule has 1 aliphatic heterocycles. The number of nitrogens with one attached hydrogen (secondary N) is 2. The summed E-state index contributed by atoms with van der Waals surface area (Å²) in [4.78, 5) is 13.0. The number of carbonyl (C=O) groups excluding carboxylic acids is 1. The van der Waals surface area contributed by atoms with Gasteiger partial charge in [-0.25, -0.2) is 0 Å². The van der Waals surface area contributed by atoms with Gasteiger partial charge in [0.05, 0.1) is 24.6 Å². The van der Waals surface area contributed by atoms with Crippen LogP contribution in [0.1, 0.15) is 5.56 Å². The molecule has 1 saturated heterocycles. The van der Waals surface area contributed by atoms with Crippen molar-refractivity contribution >= 4 is 12.1 Å². The predicted octanol–water partition coefficient (Wildman–Crippen LogP) is 3.33. The maximum absolute atomic E-state index is 10.6. The van der Waals surface area contributed by atoms with E-state index >= 15 is 0 Å². The molecule has 1 amide bonds. The van der Waals surface area contributed by atoms with Crippen molar-refractivity contribution in [1.82, 2.24) is 15.1 Å². The van der Waals surface area contributed by atoms with E-state index in [2.05, 4.69) is 20.4 Å². The van der Waals surface area contributed by atoms with Crippen LogP contribution in [0, 0.1) is 6.92 Å². The first kappa shape index (κ1) is 20.1. The molecule has 7 nitrogen and oxygen atoms in total. The van der Waals surface area contributed by atoms with Crippen LogP contribution in [0.3, 0.4) is 0 Å². The summed E-state index contributed by atoms with van der Waals surface area (Å²) in [6, 6.07) is 15.8. The minimum Gasteiger partial charge on any atom is -0.492 e. The molecular weight excluding hydrogens is 380 g/mol. The molecule has 1 aliphatic rings. The topological polar surface area (TPSA) is 79.5 Å². The molecule has 4 rings (SSSR count). The van der Waals surface area contributed by atoms with Crippen molar-refractivity contribution in [2.75, 3.05) is 44.8 Å². The molecule has 0 atom stereocenters. The molecule has 156 valence electrons. The summed E-state index contributed by atoms with van der Waals surface area (Å²) in [5.74, 6) is 0.862. The van der Waals surface area contributed by atoms with E-state index in [-0.39, 0.29) is 0 Å². The molecule has 0 bridgehead atoms. The van der Waals surface area contributed by atoms with Gasteiger partial charge in [-0.2, -0.15) is 5.10 Å². The molecule has 0 saturated carbocycles. The normalized spacial score (nSPS) is 14.4. The van der Waals surface area contributed by atoms with Crippen LogP contribution < -0.4 is 10.1 Å². The number of nitrogens with zero attached hydrogens (tertiary/aromatic N) is 2. The maximum Gasteiger partial charge on any atom is 0.211 e. The van der Waals surface area contributed by atoms with Crippen LogP contribution in [0.2, 0.25) is 0 Å². The maximum atomic E-state index is 10.6. The first-order valence-corrected chi connectivity index (χ1v) is 10.1. The van der Waals surface area contributed by atoms with E-state index in [1.165, 1.54) is 0 Å². The van der Waals surface area contributed by atoms with E-state index in [0.717, 1.165) is 72.4 Å². The number of H-pyrrole nitrogens is 1. The summed E-state index contributed by atoms with van der Waals surface area (Å²) < 4.78 is 11.2. The highest BCUT2D eigenvalue weighted by Crippen LogP contribution is 2.28. The van der Waals surface area contributed by atoms with Crippen LogP contribution in [0.4, 0.5) is 5.69 Å². The van der Waals surface area contributed by atoms with E-state index in [0.29, 0.717) is 13.0 Å². The highest BCUT2D eigenvalue weighted by atomic mass is 16.5. The number of hydrogen-bond acceptors (Lipinski definition) is 5. The summed E-state index contributed by atoms with van der Waals surface area (Å²) in [6.07, 6.45) is 0.678. The molecule has 1 aromatic heterocycles. The Kier molecular flexibility index (Phi) is 6.41. The average molecular weight is 406 g/mol. The number of aromatic nitrogens is 2. The number of amides is 1. The first-order valence-electron chi connectivity index (χ1n) is 10.1. The van der Waals surface area contributed by atoms with Crippen LogP contribution in [0.5, 0.6) is 5.75 Å². The van der Waals surface area contributed by atoms with Gasteiger partial charge in [-0.05, 0) is 60.5 Å². The molecule has 0 radical (unpaired) electrons. The third kappa shape index (κ3) is 4.87. The van der Waals surface area contributed by atoms with Crippen LogP contribution in [-0.2, 0) is 9.53 Å². The Morgan fingerprint density at radius 2 is 1.97 bits per heavy atom. The molecule has 30 heavy (non-hydrogen) atoms. The third-order valence-corrected chi connectivity index (χ3v) is 5.25. The van der Waals surface area contributed by atoms with Gasteiger partial charge >= 0.3 is 0 Å². The quantitative estimate of drug-likeness (QED) is 0.561. The molecule has 0 unspecified atom stereocenters. The average Bonchev–Trinajstić information content (AvgIpc) is 3.25. The van der Waals surface area contributed by atoms with Gasteiger partial charge in [-0.15, -0.1) is 0 Å². The summed E-state index contributed by atoms with van der Waals surface area (Å²) in [5, 5.41) is 10.2. The summed E-state index contributed by atoms with van der Waals surface area (Å²) in [6.45, 7) is 7.14. The van der Waals surface area contributed by atoms with Gasteiger partial charge in [0.25, 0.3) is 0 Å². The van der Waals surface area contributed by atoms with Crippen molar-refractivity contribution in [3.05, 3.63) is 54.1 Å². The molecule has 3 aromatic rings.